The molecule has 0 radical (unpaired) electrons. The highest BCUT2D eigenvalue weighted by Crippen LogP contribution is 2.04. The number of piperazine rings is 1. The second kappa shape index (κ2) is 8.01. The van der Waals surface area contributed by atoms with Gasteiger partial charge in [0.05, 0.1) is 19.9 Å². The lowest BCUT2D eigenvalue weighted by Gasteiger charge is -2.34. The number of esters is 1. The van der Waals surface area contributed by atoms with Gasteiger partial charge in [-0.15, -0.1) is 0 Å². The average molecular weight is 280 g/mol. The summed E-state index contributed by atoms with van der Waals surface area (Å²) in [5, 5.41) is 0. The molecule has 0 N–H and O–H groups in total. The van der Waals surface area contributed by atoms with E-state index in [2.05, 4.69) is 24.1 Å². The average Bonchev–Trinajstić information content (AvgIpc) is 2.99. The van der Waals surface area contributed by atoms with Crippen LogP contribution in [0.3, 0.4) is 0 Å². The Hall–Kier alpha value is -1.40. The fraction of sp³-hybridized carbons (Fsp3) is 0.714. The smallest absolute Gasteiger partial charge is 0.306 e. The van der Waals surface area contributed by atoms with Crippen molar-refractivity contribution >= 4 is 5.97 Å². The first-order chi connectivity index (χ1) is 9.78. The molecule has 0 amide bonds. The number of hydrogen-bond donors (Lipinski definition) is 0. The van der Waals surface area contributed by atoms with Gasteiger partial charge in [-0.25, -0.2) is 4.98 Å². The van der Waals surface area contributed by atoms with Crippen molar-refractivity contribution in [2.45, 2.75) is 19.4 Å². The maximum absolute atomic E-state index is 11.1. The fourth-order valence-corrected chi connectivity index (χ4v) is 2.48. The molecule has 0 aromatic carbocycles. The third-order valence-electron chi connectivity index (χ3n) is 3.77. The molecule has 1 aliphatic rings. The molecule has 2 rings (SSSR count). The molecule has 6 heteroatoms. The summed E-state index contributed by atoms with van der Waals surface area (Å²) in [4.78, 5) is 20.0. The number of imidazole rings is 1. The number of carbonyl (C=O) groups is 1. The van der Waals surface area contributed by atoms with Gasteiger partial charge in [0, 0.05) is 51.7 Å². The number of aryl methyl sites for hydroxylation is 1. The minimum atomic E-state index is -0.118. The zero-order chi connectivity index (χ0) is 14.2. The van der Waals surface area contributed by atoms with Crippen LogP contribution in [0, 0.1) is 0 Å². The summed E-state index contributed by atoms with van der Waals surface area (Å²) in [6.45, 7) is 7.24. The summed E-state index contributed by atoms with van der Waals surface area (Å²) >= 11 is 0. The number of rotatable bonds is 7. The van der Waals surface area contributed by atoms with Gasteiger partial charge in [-0.1, -0.05) is 0 Å². The number of hydrogen-bond acceptors (Lipinski definition) is 5. The second-order valence-electron chi connectivity index (χ2n) is 5.16. The molecular formula is C14H24N4O2. The molecule has 1 aliphatic heterocycles. The molecular weight excluding hydrogens is 256 g/mol. The van der Waals surface area contributed by atoms with E-state index < -0.39 is 0 Å². The zero-order valence-corrected chi connectivity index (χ0v) is 12.2. The maximum Gasteiger partial charge on any atom is 0.306 e. The van der Waals surface area contributed by atoms with Crippen molar-refractivity contribution in [2.75, 3.05) is 46.4 Å². The molecule has 1 fully saturated rings. The Labute approximate surface area is 120 Å². The molecule has 0 spiro atoms. The van der Waals surface area contributed by atoms with E-state index in [0.717, 1.165) is 52.2 Å². The fourth-order valence-electron chi connectivity index (χ4n) is 2.48. The standard InChI is InChI=1S/C14H24N4O2/c1-20-14(19)3-7-17-11-9-16(10-12-17)5-2-6-18-8-4-15-13-18/h4,8,13H,2-3,5-7,9-12H2,1H3. The Morgan fingerprint density at radius 3 is 2.45 bits per heavy atom. The van der Waals surface area contributed by atoms with E-state index in [1.165, 1.54) is 7.11 Å². The molecule has 0 bridgehead atoms. The monoisotopic (exact) mass is 280 g/mol. The number of methoxy groups -OCH3 is 1. The zero-order valence-electron chi connectivity index (χ0n) is 12.2. The lowest BCUT2D eigenvalue weighted by atomic mass is 10.2. The first kappa shape index (κ1) is 15.0. The van der Waals surface area contributed by atoms with E-state index >= 15 is 0 Å². The minimum Gasteiger partial charge on any atom is -0.469 e. The van der Waals surface area contributed by atoms with Gasteiger partial charge in [0.25, 0.3) is 0 Å². The predicted octanol–water partition coefficient (Wildman–Crippen LogP) is 0.454. The predicted molar refractivity (Wildman–Crippen MR) is 76.4 cm³/mol. The highest BCUT2D eigenvalue weighted by Gasteiger charge is 2.17. The molecule has 0 atom stereocenters. The summed E-state index contributed by atoms with van der Waals surface area (Å²) in [5.74, 6) is -0.118. The van der Waals surface area contributed by atoms with Gasteiger partial charge in [0.15, 0.2) is 0 Å². The van der Waals surface area contributed by atoms with E-state index in [4.69, 9.17) is 0 Å². The first-order valence-corrected chi connectivity index (χ1v) is 7.25. The van der Waals surface area contributed by atoms with Crippen LogP contribution in [0.25, 0.3) is 0 Å². The molecule has 0 unspecified atom stereocenters. The molecule has 112 valence electrons. The third kappa shape index (κ3) is 4.94. The van der Waals surface area contributed by atoms with Crippen LogP contribution in [-0.2, 0) is 16.1 Å². The maximum atomic E-state index is 11.1. The van der Waals surface area contributed by atoms with Crippen LogP contribution in [-0.4, -0.2) is 71.7 Å². The Morgan fingerprint density at radius 1 is 1.15 bits per heavy atom. The number of ether oxygens (including phenoxy) is 1. The van der Waals surface area contributed by atoms with Gasteiger partial charge >= 0.3 is 5.97 Å². The van der Waals surface area contributed by atoms with Crippen molar-refractivity contribution in [1.82, 2.24) is 19.4 Å². The van der Waals surface area contributed by atoms with Crippen LogP contribution >= 0.6 is 0 Å². The topological polar surface area (TPSA) is 50.6 Å². The van der Waals surface area contributed by atoms with Crippen molar-refractivity contribution in [3.8, 4) is 0 Å². The lowest BCUT2D eigenvalue weighted by Crippen LogP contribution is -2.47. The Morgan fingerprint density at radius 2 is 1.85 bits per heavy atom. The Kier molecular flexibility index (Phi) is 6.01. The highest BCUT2D eigenvalue weighted by molar-refractivity contribution is 5.69. The van der Waals surface area contributed by atoms with Gasteiger partial charge in [-0.2, -0.15) is 0 Å². The van der Waals surface area contributed by atoms with E-state index in [1.807, 2.05) is 18.7 Å². The molecule has 1 saturated heterocycles. The molecule has 2 heterocycles. The van der Waals surface area contributed by atoms with Gasteiger partial charge in [-0.05, 0) is 13.0 Å². The first-order valence-electron chi connectivity index (χ1n) is 7.25. The van der Waals surface area contributed by atoms with Gasteiger partial charge in [0.1, 0.15) is 0 Å². The summed E-state index contributed by atoms with van der Waals surface area (Å²) in [6, 6.07) is 0. The number of aromatic nitrogens is 2. The van der Waals surface area contributed by atoms with Crippen LogP contribution < -0.4 is 0 Å². The third-order valence-corrected chi connectivity index (χ3v) is 3.77. The van der Waals surface area contributed by atoms with Crippen molar-refractivity contribution < 1.29 is 9.53 Å². The summed E-state index contributed by atoms with van der Waals surface area (Å²) in [7, 11) is 1.44. The minimum absolute atomic E-state index is 0.118. The lowest BCUT2D eigenvalue weighted by molar-refractivity contribution is -0.141. The highest BCUT2D eigenvalue weighted by atomic mass is 16.5. The number of carbonyl (C=O) groups excluding carboxylic acids is 1. The van der Waals surface area contributed by atoms with E-state index in [9.17, 15) is 4.79 Å². The van der Waals surface area contributed by atoms with Crippen LogP contribution in [0.2, 0.25) is 0 Å². The second-order valence-corrected chi connectivity index (χ2v) is 5.16. The van der Waals surface area contributed by atoms with Crippen molar-refractivity contribution in [3.05, 3.63) is 18.7 Å². The van der Waals surface area contributed by atoms with E-state index in [0.29, 0.717) is 6.42 Å². The normalized spacial score (nSPS) is 17.2. The summed E-state index contributed by atoms with van der Waals surface area (Å²) in [5.41, 5.74) is 0. The van der Waals surface area contributed by atoms with E-state index in [1.54, 1.807) is 0 Å². The molecule has 20 heavy (non-hydrogen) atoms. The SMILES string of the molecule is COC(=O)CCN1CCN(CCCn2ccnc2)CC1. The Balaban J connectivity index is 1.56. The number of nitrogens with zero attached hydrogens (tertiary/aromatic N) is 4. The van der Waals surface area contributed by atoms with Crippen LogP contribution in [0.15, 0.2) is 18.7 Å². The van der Waals surface area contributed by atoms with Crippen molar-refractivity contribution in [3.63, 3.8) is 0 Å². The van der Waals surface area contributed by atoms with Gasteiger partial charge in [-0.3, -0.25) is 4.79 Å². The summed E-state index contributed by atoms with van der Waals surface area (Å²) in [6.07, 6.45) is 7.34. The molecule has 0 aliphatic carbocycles. The van der Waals surface area contributed by atoms with Crippen LogP contribution in [0.4, 0.5) is 0 Å². The van der Waals surface area contributed by atoms with Gasteiger partial charge < -0.3 is 19.1 Å². The van der Waals surface area contributed by atoms with Crippen LogP contribution in [0.1, 0.15) is 12.8 Å². The molecule has 6 nitrogen and oxygen atoms in total. The largest absolute Gasteiger partial charge is 0.469 e. The molecule has 0 saturated carbocycles. The molecule has 1 aromatic heterocycles. The summed E-state index contributed by atoms with van der Waals surface area (Å²) < 4.78 is 6.79. The van der Waals surface area contributed by atoms with Crippen molar-refractivity contribution in [2.24, 2.45) is 0 Å². The van der Waals surface area contributed by atoms with Gasteiger partial charge in [0.2, 0.25) is 0 Å². The van der Waals surface area contributed by atoms with E-state index in [-0.39, 0.29) is 5.97 Å². The quantitative estimate of drug-likeness (QED) is 0.679. The Bertz CT molecular complexity index is 386. The van der Waals surface area contributed by atoms with Crippen LogP contribution in [0.5, 0.6) is 0 Å². The molecule has 1 aromatic rings. The van der Waals surface area contributed by atoms with Crippen molar-refractivity contribution in [1.29, 1.82) is 0 Å².